The summed E-state index contributed by atoms with van der Waals surface area (Å²) < 4.78 is 8.56. The van der Waals surface area contributed by atoms with E-state index in [0.29, 0.717) is 17.3 Å². The fourth-order valence-electron chi connectivity index (χ4n) is 2.94. The number of hydrazone groups is 1. The van der Waals surface area contributed by atoms with Gasteiger partial charge < -0.3 is 4.74 Å². The van der Waals surface area contributed by atoms with Crippen LogP contribution in [0.1, 0.15) is 28.2 Å². The summed E-state index contributed by atoms with van der Waals surface area (Å²) in [6, 6.07) is 9.62. The van der Waals surface area contributed by atoms with Gasteiger partial charge in [-0.25, -0.2) is 10.1 Å². The van der Waals surface area contributed by atoms with Crippen LogP contribution in [-0.2, 0) is 17.9 Å². The number of carbonyl (C=O) groups excluding carboxylic acids is 1. The van der Waals surface area contributed by atoms with E-state index in [-0.39, 0.29) is 12.5 Å². The Bertz CT molecular complexity index is 1050. The Morgan fingerprint density at radius 2 is 2.03 bits per heavy atom. The second kappa shape index (κ2) is 8.91. The van der Waals surface area contributed by atoms with Crippen LogP contribution in [0.4, 0.5) is 0 Å². The number of rotatable bonds is 7. The highest BCUT2D eigenvalue weighted by molar-refractivity contribution is 6.32. The molecule has 0 saturated carbocycles. The van der Waals surface area contributed by atoms with Gasteiger partial charge in [0.2, 0.25) is 0 Å². The van der Waals surface area contributed by atoms with Crippen LogP contribution >= 0.6 is 11.6 Å². The normalized spacial score (nSPS) is 11.2. The van der Waals surface area contributed by atoms with Crippen molar-refractivity contribution in [1.82, 2.24) is 25.0 Å². The number of benzene rings is 1. The Hall–Kier alpha value is -3.13. The molecule has 1 aromatic carbocycles. The molecule has 0 aliphatic rings. The van der Waals surface area contributed by atoms with Crippen molar-refractivity contribution in [2.75, 3.05) is 7.11 Å². The van der Waals surface area contributed by atoms with Crippen LogP contribution in [-0.4, -0.2) is 38.8 Å². The lowest BCUT2D eigenvalue weighted by molar-refractivity contribution is -0.121. The van der Waals surface area contributed by atoms with Crippen molar-refractivity contribution in [1.29, 1.82) is 0 Å². The molecule has 1 N–H and O–H groups in total. The number of ether oxygens (including phenoxy) is 1. The predicted molar refractivity (Wildman–Crippen MR) is 112 cm³/mol. The molecule has 3 rings (SSSR count). The van der Waals surface area contributed by atoms with Crippen molar-refractivity contribution in [3.05, 3.63) is 63.7 Å². The first-order valence-corrected chi connectivity index (χ1v) is 9.44. The van der Waals surface area contributed by atoms with Crippen LogP contribution in [0.5, 0.6) is 5.75 Å². The van der Waals surface area contributed by atoms with Crippen LogP contribution in [0.25, 0.3) is 0 Å². The van der Waals surface area contributed by atoms with Gasteiger partial charge in [-0.1, -0.05) is 23.7 Å². The molecular formula is C20H23ClN6O2. The van der Waals surface area contributed by atoms with Gasteiger partial charge >= 0.3 is 0 Å². The number of nitrogens with zero attached hydrogens (tertiary/aromatic N) is 5. The van der Waals surface area contributed by atoms with E-state index in [1.165, 1.54) is 6.21 Å². The molecule has 0 radical (unpaired) electrons. The van der Waals surface area contributed by atoms with E-state index >= 15 is 0 Å². The minimum atomic E-state index is -0.273. The Morgan fingerprint density at radius 1 is 1.24 bits per heavy atom. The quantitative estimate of drug-likeness (QED) is 0.475. The van der Waals surface area contributed by atoms with Crippen molar-refractivity contribution in [3.8, 4) is 5.75 Å². The fourth-order valence-corrected chi connectivity index (χ4v) is 3.22. The Kier molecular flexibility index (Phi) is 6.33. The van der Waals surface area contributed by atoms with E-state index < -0.39 is 0 Å². The summed E-state index contributed by atoms with van der Waals surface area (Å²) >= 11 is 6.47. The van der Waals surface area contributed by atoms with Crippen LogP contribution in [0.15, 0.2) is 35.4 Å². The van der Waals surface area contributed by atoms with E-state index in [0.717, 1.165) is 28.4 Å². The molecule has 2 aromatic heterocycles. The van der Waals surface area contributed by atoms with Gasteiger partial charge in [0.25, 0.3) is 5.91 Å². The summed E-state index contributed by atoms with van der Waals surface area (Å²) in [4.78, 5) is 12.1. The first-order valence-electron chi connectivity index (χ1n) is 9.06. The number of hydrogen-bond acceptors (Lipinski definition) is 5. The van der Waals surface area contributed by atoms with E-state index in [1.54, 1.807) is 16.5 Å². The Labute approximate surface area is 174 Å². The highest BCUT2D eigenvalue weighted by Gasteiger charge is 2.13. The molecule has 2 heterocycles. The molecule has 3 aromatic rings. The zero-order chi connectivity index (χ0) is 21.0. The third-order valence-corrected chi connectivity index (χ3v) is 4.75. The van der Waals surface area contributed by atoms with Gasteiger partial charge in [-0.3, -0.25) is 9.48 Å². The number of carbonyl (C=O) groups is 1. The highest BCUT2D eigenvalue weighted by Crippen LogP contribution is 2.20. The van der Waals surface area contributed by atoms with Gasteiger partial charge in [0.15, 0.2) is 0 Å². The van der Waals surface area contributed by atoms with Gasteiger partial charge in [-0.05, 0) is 44.5 Å². The molecule has 152 valence electrons. The molecule has 0 aliphatic heterocycles. The largest absolute Gasteiger partial charge is 0.497 e. The van der Waals surface area contributed by atoms with E-state index in [1.807, 2.05) is 51.1 Å². The lowest BCUT2D eigenvalue weighted by atomic mass is 10.2. The van der Waals surface area contributed by atoms with Crippen LogP contribution in [0, 0.1) is 20.8 Å². The van der Waals surface area contributed by atoms with Crippen molar-refractivity contribution in [2.24, 2.45) is 5.10 Å². The smallest absolute Gasteiger partial charge is 0.261 e. The van der Waals surface area contributed by atoms with Gasteiger partial charge in [0.1, 0.15) is 17.4 Å². The first-order chi connectivity index (χ1) is 13.9. The van der Waals surface area contributed by atoms with Crippen molar-refractivity contribution >= 4 is 23.7 Å². The number of aromatic nitrogens is 4. The highest BCUT2D eigenvalue weighted by atomic mass is 35.5. The molecule has 0 spiro atoms. The molecular weight excluding hydrogens is 392 g/mol. The average Bonchev–Trinajstić information content (AvgIpc) is 3.13. The number of aryl methyl sites for hydroxylation is 3. The third-order valence-electron chi connectivity index (χ3n) is 4.36. The summed E-state index contributed by atoms with van der Waals surface area (Å²) in [6.07, 6.45) is 1.51. The number of amides is 1. The molecule has 0 saturated heterocycles. The second-order valence-electron chi connectivity index (χ2n) is 6.68. The Morgan fingerprint density at radius 3 is 2.72 bits per heavy atom. The lowest BCUT2D eigenvalue weighted by Crippen LogP contribution is -2.24. The van der Waals surface area contributed by atoms with Crippen molar-refractivity contribution < 1.29 is 9.53 Å². The van der Waals surface area contributed by atoms with Crippen LogP contribution in [0.3, 0.4) is 0 Å². The first kappa shape index (κ1) is 20.6. The monoisotopic (exact) mass is 414 g/mol. The fraction of sp³-hybridized carbons (Fsp3) is 0.300. The number of hydrogen-bond donors (Lipinski definition) is 1. The molecule has 1 amide bonds. The van der Waals surface area contributed by atoms with E-state index in [2.05, 4.69) is 20.7 Å². The topological polar surface area (TPSA) is 86.3 Å². The molecule has 0 unspecified atom stereocenters. The van der Waals surface area contributed by atoms with Gasteiger partial charge in [-0.15, -0.1) is 0 Å². The second-order valence-corrected chi connectivity index (χ2v) is 7.04. The minimum Gasteiger partial charge on any atom is -0.497 e. The molecule has 8 nitrogen and oxygen atoms in total. The van der Waals surface area contributed by atoms with Crippen molar-refractivity contribution in [2.45, 2.75) is 33.9 Å². The number of methoxy groups -OCH3 is 1. The summed E-state index contributed by atoms with van der Waals surface area (Å²) in [5.41, 5.74) is 6.66. The third kappa shape index (κ3) is 5.03. The zero-order valence-corrected chi connectivity index (χ0v) is 17.6. The van der Waals surface area contributed by atoms with Crippen LogP contribution < -0.4 is 10.2 Å². The molecule has 0 atom stereocenters. The maximum Gasteiger partial charge on any atom is 0.261 e. The van der Waals surface area contributed by atoms with Crippen molar-refractivity contribution in [3.63, 3.8) is 0 Å². The summed E-state index contributed by atoms with van der Waals surface area (Å²) in [5.74, 6) is 0.500. The average molecular weight is 415 g/mol. The molecule has 0 fully saturated rings. The van der Waals surface area contributed by atoms with Crippen LogP contribution in [0.2, 0.25) is 5.15 Å². The summed E-state index contributed by atoms with van der Waals surface area (Å²) in [6.45, 7) is 6.21. The van der Waals surface area contributed by atoms with E-state index in [9.17, 15) is 4.79 Å². The molecule has 0 bridgehead atoms. The SMILES string of the molecule is COc1cccc(Cn2nc(C)c(/C=N/NC(=O)Cn3nc(C)cc3C)c2Cl)c1. The minimum absolute atomic E-state index is 0.0961. The molecule has 29 heavy (non-hydrogen) atoms. The number of halogens is 1. The maximum absolute atomic E-state index is 12.1. The standard InChI is InChI=1S/C20H23ClN6O2/c1-13-8-14(2)26(24-13)12-19(28)23-22-10-18-15(3)25-27(20(18)21)11-16-6-5-7-17(9-16)29-4/h5-10H,11-12H2,1-4H3,(H,23,28)/b22-10+. The molecule has 0 aliphatic carbocycles. The lowest BCUT2D eigenvalue weighted by Gasteiger charge is -2.06. The van der Waals surface area contributed by atoms with E-state index in [4.69, 9.17) is 16.3 Å². The predicted octanol–water partition coefficient (Wildman–Crippen LogP) is 2.87. The zero-order valence-electron chi connectivity index (χ0n) is 16.8. The van der Waals surface area contributed by atoms with Gasteiger partial charge in [0, 0.05) is 5.69 Å². The summed E-state index contributed by atoms with van der Waals surface area (Å²) in [7, 11) is 1.63. The Balaban J connectivity index is 1.66. The van der Waals surface area contributed by atoms with Gasteiger partial charge in [0.05, 0.1) is 36.8 Å². The number of nitrogens with one attached hydrogen (secondary N) is 1. The summed E-state index contributed by atoms with van der Waals surface area (Å²) in [5, 5.41) is 13.2. The van der Waals surface area contributed by atoms with Gasteiger partial charge in [-0.2, -0.15) is 15.3 Å². The molecule has 9 heteroatoms. The maximum atomic E-state index is 12.1.